The Morgan fingerprint density at radius 2 is 2.38 bits per heavy atom. The van der Waals surface area contributed by atoms with Crippen LogP contribution in [-0.2, 0) is 4.74 Å². The van der Waals surface area contributed by atoms with E-state index in [1.807, 2.05) is 23.6 Å². The number of carbonyl (C=O) groups is 1. The van der Waals surface area contributed by atoms with Gasteiger partial charge in [0.05, 0.1) is 12.0 Å². The molecule has 0 amide bonds. The lowest BCUT2D eigenvalue weighted by Crippen LogP contribution is -2.22. The lowest BCUT2D eigenvalue weighted by Gasteiger charge is -2.11. The van der Waals surface area contributed by atoms with E-state index in [4.69, 9.17) is 4.74 Å². The first-order valence-corrected chi connectivity index (χ1v) is 5.73. The Balaban J connectivity index is 2.29. The molecule has 3 nitrogen and oxygen atoms in total. The molecule has 1 atom stereocenters. The van der Waals surface area contributed by atoms with Gasteiger partial charge < -0.3 is 4.74 Å². The molecule has 0 fully saturated rings. The van der Waals surface area contributed by atoms with Crippen LogP contribution in [0.5, 0.6) is 0 Å². The second-order valence-electron chi connectivity index (χ2n) is 3.22. The Kier molecular flexibility index (Phi) is 3.31. The van der Waals surface area contributed by atoms with Gasteiger partial charge in [-0.05, 0) is 17.5 Å². The summed E-state index contributed by atoms with van der Waals surface area (Å²) in [7, 11) is 1.53. The smallest absolute Gasteiger partial charge is 0.202 e. The van der Waals surface area contributed by atoms with Gasteiger partial charge in [-0.3, -0.25) is 4.79 Å². The van der Waals surface area contributed by atoms with Crippen molar-refractivity contribution in [3.8, 4) is 0 Å². The van der Waals surface area contributed by atoms with Crippen molar-refractivity contribution in [1.29, 1.82) is 0 Å². The first kappa shape index (κ1) is 10.8. The van der Waals surface area contributed by atoms with Gasteiger partial charge in [0.2, 0.25) is 5.90 Å². The topological polar surface area (TPSA) is 38.7 Å². The Bertz CT molecular complexity index is 457. The van der Waals surface area contributed by atoms with E-state index in [-0.39, 0.29) is 5.78 Å². The molecule has 0 saturated heterocycles. The molecule has 0 N–H and O–H groups in total. The van der Waals surface area contributed by atoms with Crippen LogP contribution in [0.4, 0.5) is 0 Å². The average Bonchev–Trinajstić information content (AvgIpc) is 2.73. The van der Waals surface area contributed by atoms with Crippen LogP contribution < -0.4 is 0 Å². The normalized spacial score (nSPS) is 19.1. The number of aliphatic imine (C=N–C) groups is 1. The molecule has 1 aliphatic rings. The minimum atomic E-state index is -0.418. The Labute approximate surface area is 97.8 Å². The first-order chi connectivity index (χ1) is 7.83. The molecule has 0 saturated carbocycles. The average molecular weight is 233 g/mol. The molecule has 1 unspecified atom stereocenters. The van der Waals surface area contributed by atoms with Gasteiger partial charge in [0, 0.05) is 6.20 Å². The Morgan fingerprint density at radius 1 is 1.50 bits per heavy atom. The summed E-state index contributed by atoms with van der Waals surface area (Å²) in [6.07, 6.45) is 7.01. The van der Waals surface area contributed by atoms with Crippen molar-refractivity contribution in [2.24, 2.45) is 10.9 Å². The largest absolute Gasteiger partial charge is 0.483 e. The van der Waals surface area contributed by atoms with E-state index in [2.05, 4.69) is 4.99 Å². The quantitative estimate of drug-likeness (QED) is 0.737. The molecule has 2 heterocycles. The van der Waals surface area contributed by atoms with Crippen molar-refractivity contribution in [2.45, 2.75) is 0 Å². The predicted octanol–water partition coefficient (Wildman–Crippen LogP) is 2.68. The Morgan fingerprint density at radius 3 is 3.06 bits per heavy atom. The summed E-state index contributed by atoms with van der Waals surface area (Å²) >= 11 is 1.43. The first-order valence-electron chi connectivity index (χ1n) is 4.85. The number of thiophene rings is 1. The zero-order chi connectivity index (χ0) is 11.4. The van der Waals surface area contributed by atoms with Gasteiger partial charge in [-0.2, -0.15) is 0 Å². The Hall–Kier alpha value is -1.68. The molecular formula is C12H11NO2S. The third kappa shape index (κ3) is 2.12. The highest BCUT2D eigenvalue weighted by atomic mass is 32.1. The molecule has 82 valence electrons. The van der Waals surface area contributed by atoms with Crippen LogP contribution in [0, 0.1) is 5.92 Å². The molecule has 0 bridgehead atoms. The van der Waals surface area contributed by atoms with Gasteiger partial charge in [0.25, 0.3) is 0 Å². The van der Waals surface area contributed by atoms with Crippen LogP contribution in [0.15, 0.2) is 46.9 Å². The highest BCUT2D eigenvalue weighted by Crippen LogP contribution is 2.18. The lowest BCUT2D eigenvalue weighted by molar-refractivity contribution is 0.0967. The van der Waals surface area contributed by atoms with E-state index in [0.717, 1.165) is 4.88 Å². The molecule has 0 aromatic carbocycles. The summed E-state index contributed by atoms with van der Waals surface area (Å²) in [4.78, 5) is 17.0. The maximum Gasteiger partial charge on any atom is 0.202 e. The summed E-state index contributed by atoms with van der Waals surface area (Å²) in [6, 6.07) is 3.67. The maximum atomic E-state index is 12.2. The second kappa shape index (κ2) is 4.90. The molecule has 16 heavy (non-hydrogen) atoms. The summed E-state index contributed by atoms with van der Waals surface area (Å²) in [5, 5.41) is 1.88. The standard InChI is InChI=1S/C12H11NO2S/c1-15-12-9(5-2-3-7-13-12)11(14)10-6-4-8-16-10/h2-9H,1H3. The number of hydrogen-bond donors (Lipinski definition) is 0. The van der Waals surface area contributed by atoms with Crippen molar-refractivity contribution >= 4 is 23.0 Å². The molecule has 1 aromatic heterocycles. The van der Waals surface area contributed by atoms with Crippen molar-refractivity contribution in [3.63, 3.8) is 0 Å². The molecule has 1 aromatic rings. The van der Waals surface area contributed by atoms with Gasteiger partial charge in [0.1, 0.15) is 5.92 Å². The summed E-state index contributed by atoms with van der Waals surface area (Å²) in [6.45, 7) is 0. The second-order valence-corrected chi connectivity index (χ2v) is 4.16. The number of methoxy groups -OCH3 is 1. The summed E-state index contributed by atoms with van der Waals surface area (Å²) in [5.41, 5.74) is 0. The number of Topliss-reactive ketones (excluding diaryl/α,β-unsaturated/α-hetero) is 1. The maximum absolute atomic E-state index is 12.2. The monoisotopic (exact) mass is 233 g/mol. The molecule has 4 heteroatoms. The summed E-state index contributed by atoms with van der Waals surface area (Å²) < 4.78 is 5.13. The number of hydrogen-bond acceptors (Lipinski definition) is 4. The van der Waals surface area contributed by atoms with Crippen LogP contribution in [0.3, 0.4) is 0 Å². The van der Waals surface area contributed by atoms with Crippen molar-refractivity contribution in [1.82, 2.24) is 0 Å². The van der Waals surface area contributed by atoms with Gasteiger partial charge in [0.15, 0.2) is 5.78 Å². The van der Waals surface area contributed by atoms with E-state index < -0.39 is 5.92 Å². The third-order valence-electron chi connectivity index (χ3n) is 2.22. The molecule has 0 spiro atoms. The molecule has 0 radical (unpaired) electrons. The zero-order valence-electron chi connectivity index (χ0n) is 8.79. The van der Waals surface area contributed by atoms with Crippen molar-refractivity contribution < 1.29 is 9.53 Å². The summed E-state index contributed by atoms with van der Waals surface area (Å²) in [5.74, 6) is 0.0394. The minimum absolute atomic E-state index is 0.0237. The third-order valence-corrected chi connectivity index (χ3v) is 3.11. The van der Waals surface area contributed by atoms with E-state index in [0.29, 0.717) is 5.90 Å². The SMILES string of the molecule is COC1=NC=CC=CC1C(=O)c1cccs1. The fourth-order valence-corrected chi connectivity index (χ4v) is 2.16. The predicted molar refractivity (Wildman–Crippen MR) is 64.9 cm³/mol. The number of ether oxygens (including phenoxy) is 1. The van der Waals surface area contributed by atoms with Crippen LogP contribution in [0.1, 0.15) is 9.67 Å². The zero-order valence-corrected chi connectivity index (χ0v) is 9.61. The van der Waals surface area contributed by atoms with Crippen molar-refractivity contribution in [2.75, 3.05) is 7.11 Å². The van der Waals surface area contributed by atoms with Crippen LogP contribution >= 0.6 is 11.3 Å². The molecular weight excluding hydrogens is 222 g/mol. The van der Waals surface area contributed by atoms with E-state index in [1.165, 1.54) is 18.4 Å². The fraction of sp³-hybridized carbons (Fsp3) is 0.167. The number of ketones is 1. The van der Waals surface area contributed by atoms with E-state index >= 15 is 0 Å². The number of rotatable bonds is 2. The molecule has 2 rings (SSSR count). The molecule has 0 aliphatic carbocycles. The van der Waals surface area contributed by atoms with Crippen molar-refractivity contribution in [3.05, 3.63) is 46.8 Å². The lowest BCUT2D eigenvalue weighted by atomic mass is 10.0. The van der Waals surface area contributed by atoms with E-state index in [1.54, 1.807) is 18.4 Å². The number of nitrogens with zero attached hydrogens (tertiary/aromatic N) is 1. The highest BCUT2D eigenvalue weighted by molar-refractivity contribution is 7.12. The van der Waals surface area contributed by atoms with E-state index in [9.17, 15) is 4.79 Å². The van der Waals surface area contributed by atoms with Crippen LogP contribution in [0.2, 0.25) is 0 Å². The molecule has 1 aliphatic heterocycles. The fourth-order valence-electron chi connectivity index (χ4n) is 1.46. The van der Waals surface area contributed by atoms with Gasteiger partial charge in [-0.1, -0.05) is 18.2 Å². The van der Waals surface area contributed by atoms with Crippen LogP contribution in [0.25, 0.3) is 0 Å². The van der Waals surface area contributed by atoms with Gasteiger partial charge >= 0.3 is 0 Å². The number of allylic oxidation sites excluding steroid dienone is 2. The highest BCUT2D eigenvalue weighted by Gasteiger charge is 2.24. The minimum Gasteiger partial charge on any atom is -0.483 e. The number of carbonyl (C=O) groups excluding carboxylic acids is 1. The van der Waals surface area contributed by atoms with Gasteiger partial charge in [-0.25, -0.2) is 4.99 Å². The van der Waals surface area contributed by atoms with Crippen LogP contribution in [-0.4, -0.2) is 18.8 Å². The van der Waals surface area contributed by atoms with Gasteiger partial charge in [-0.15, -0.1) is 11.3 Å².